The van der Waals surface area contributed by atoms with Crippen LogP contribution in [0, 0.1) is 0 Å². The molecule has 152 valence electrons. The van der Waals surface area contributed by atoms with Gasteiger partial charge in [-0.15, -0.1) is 0 Å². The van der Waals surface area contributed by atoms with E-state index in [2.05, 4.69) is 49.1 Å². The van der Waals surface area contributed by atoms with Gasteiger partial charge in [0, 0.05) is 0 Å². The summed E-state index contributed by atoms with van der Waals surface area (Å²) in [4.78, 5) is 2.48. The number of alkyl halides is 6. The van der Waals surface area contributed by atoms with Gasteiger partial charge in [0.2, 0.25) is 0 Å². The average Bonchev–Trinajstić information content (AvgIpc) is 2.59. The first kappa shape index (κ1) is 24.8. The quantitative estimate of drug-likeness (QED) is 0.452. The van der Waals surface area contributed by atoms with Crippen LogP contribution in [0.5, 0.6) is 0 Å². The maximum absolute atomic E-state index is 12.2. The molecule has 0 radical (unpaired) electrons. The number of nitrogens with zero attached hydrogens (tertiary/aromatic N) is 1. The Morgan fingerprint density at radius 2 is 1.46 bits per heavy atom. The Hall–Kier alpha value is -1.24. The van der Waals surface area contributed by atoms with Crippen molar-refractivity contribution in [1.82, 2.24) is 4.90 Å². The van der Waals surface area contributed by atoms with E-state index in [1.54, 1.807) is 0 Å². The molecule has 7 heteroatoms. The first-order valence-electron chi connectivity index (χ1n) is 8.94. The second-order valence-corrected chi connectivity index (χ2v) is 5.99. The maximum atomic E-state index is 12.2. The molecule has 0 N–H and O–H groups in total. The molecule has 1 rings (SSSR count). The number of aryl methyl sites for hydroxylation is 1. The molecule has 0 heterocycles. The zero-order valence-corrected chi connectivity index (χ0v) is 15.6. The molecule has 0 saturated carbocycles. The van der Waals surface area contributed by atoms with Gasteiger partial charge in [-0.3, -0.25) is 0 Å². The molecule has 1 aromatic carbocycles. The van der Waals surface area contributed by atoms with Crippen molar-refractivity contribution < 1.29 is 26.3 Å². The molecule has 0 spiro atoms. The van der Waals surface area contributed by atoms with E-state index < -0.39 is 24.7 Å². The first-order chi connectivity index (χ1) is 12.1. The zero-order chi connectivity index (χ0) is 20.2. The van der Waals surface area contributed by atoms with E-state index in [0.29, 0.717) is 0 Å². The van der Waals surface area contributed by atoms with Crippen molar-refractivity contribution in [2.24, 2.45) is 0 Å². The van der Waals surface area contributed by atoms with Gasteiger partial charge >= 0.3 is 12.1 Å². The van der Waals surface area contributed by atoms with Crippen molar-refractivity contribution in [2.45, 2.75) is 64.7 Å². The minimum absolute atomic E-state index is 0.0488. The molecule has 0 saturated heterocycles. The third-order valence-corrected chi connectivity index (χ3v) is 3.99. The summed E-state index contributed by atoms with van der Waals surface area (Å²) in [6, 6.07) is 10.7. The van der Waals surface area contributed by atoms with Gasteiger partial charge in [0.25, 0.3) is 0 Å². The Labute approximate surface area is 152 Å². The number of hydrogen-bond acceptors (Lipinski definition) is 1. The van der Waals surface area contributed by atoms with E-state index in [-0.39, 0.29) is 6.42 Å². The van der Waals surface area contributed by atoms with Crippen molar-refractivity contribution in [3.05, 3.63) is 35.9 Å². The average molecular weight is 385 g/mol. The van der Waals surface area contributed by atoms with Crippen LogP contribution in [0.25, 0.3) is 0 Å². The van der Waals surface area contributed by atoms with E-state index >= 15 is 0 Å². The minimum Gasteiger partial charge on any atom is -0.304 e. The monoisotopic (exact) mass is 385 g/mol. The van der Waals surface area contributed by atoms with Gasteiger partial charge in [-0.1, -0.05) is 57.5 Å². The van der Waals surface area contributed by atoms with Crippen LogP contribution in [-0.4, -0.2) is 42.8 Å². The van der Waals surface area contributed by atoms with Gasteiger partial charge in [0.05, 0.1) is 0 Å². The van der Waals surface area contributed by atoms with Crippen molar-refractivity contribution in [3.63, 3.8) is 0 Å². The Morgan fingerprint density at radius 3 is 1.88 bits per heavy atom. The molecule has 26 heavy (non-hydrogen) atoms. The summed E-state index contributed by atoms with van der Waals surface area (Å²) in [5.41, 5.74) is 1.46. The lowest BCUT2D eigenvalue weighted by atomic mass is 10.1. The first-order valence-corrected chi connectivity index (χ1v) is 8.94. The second-order valence-electron chi connectivity index (χ2n) is 5.99. The van der Waals surface area contributed by atoms with Gasteiger partial charge in [0.1, 0.15) is 0 Å². The Balaban J connectivity index is 0.000000488. The Kier molecular flexibility index (Phi) is 11.6. The fourth-order valence-electron chi connectivity index (χ4n) is 2.30. The summed E-state index contributed by atoms with van der Waals surface area (Å²) in [6.45, 7) is 9.36. The highest BCUT2D eigenvalue weighted by Crippen LogP contribution is 2.40. The zero-order valence-electron chi connectivity index (χ0n) is 15.6. The van der Waals surface area contributed by atoms with Gasteiger partial charge in [-0.05, 0) is 44.5 Å². The summed E-state index contributed by atoms with van der Waals surface area (Å²) < 4.78 is 70.5. The number of halogens is 6. The minimum atomic E-state index is -5.79. The Morgan fingerprint density at radius 1 is 0.923 bits per heavy atom. The van der Waals surface area contributed by atoms with Crippen LogP contribution >= 0.6 is 0 Å². The van der Waals surface area contributed by atoms with E-state index in [4.69, 9.17) is 0 Å². The fraction of sp³-hybridized carbons (Fsp3) is 0.684. The molecule has 0 aliphatic heterocycles. The number of hydrogen-bond donors (Lipinski definition) is 0. The standard InChI is InChI=1S/C13H21N.C6H8F6/c1-3-14(4-2)12-8-11-13-9-6-5-7-10-13;1-2-3-4(7)5(8,9)6(10,11)12/h5-7,9-10H,3-4,8,11-12H2,1-2H3;4H,2-3H2,1H3. The Bertz CT molecular complexity index is 457. The smallest absolute Gasteiger partial charge is 0.304 e. The van der Waals surface area contributed by atoms with Crippen LogP contribution in [0.15, 0.2) is 30.3 Å². The summed E-state index contributed by atoms with van der Waals surface area (Å²) in [6.07, 6.45) is -7.29. The molecule has 1 atom stereocenters. The highest BCUT2D eigenvalue weighted by atomic mass is 19.4. The molecule has 0 fully saturated rings. The molecular formula is C19H29F6N. The van der Waals surface area contributed by atoms with Gasteiger partial charge < -0.3 is 4.90 Å². The third-order valence-electron chi connectivity index (χ3n) is 3.99. The molecule has 1 nitrogen and oxygen atoms in total. The lowest BCUT2D eigenvalue weighted by Crippen LogP contribution is -2.44. The molecule has 0 amide bonds. The van der Waals surface area contributed by atoms with Crippen molar-refractivity contribution >= 4 is 0 Å². The lowest BCUT2D eigenvalue weighted by molar-refractivity contribution is -0.303. The number of benzene rings is 1. The molecule has 1 unspecified atom stereocenters. The highest BCUT2D eigenvalue weighted by Gasteiger charge is 2.62. The van der Waals surface area contributed by atoms with Crippen LogP contribution in [0.2, 0.25) is 0 Å². The molecule has 1 aromatic rings. The van der Waals surface area contributed by atoms with E-state index in [1.165, 1.54) is 45.0 Å². The van der Waals surface area contributed by atoms with Gasteiger partial charge in [-0.2, -0.15) is 22.0 Å². The van der Waals surface area contributed by atoms with Crippen LogP contribution < -0.4 is 0 Å². The van der Waals surface area contributed by atoms with Crippen molar-refractivity contribution in [2.75, 3.05) is 19.6 Å². The predicted molar refractivity (Wildman–Crippen MR) is 93.4 cm³/mol. The predicted octanol–water partition coefficient (Wildman–Crippen LogP) is 6.28. The van der Waals surface area contributed by atoms with Gasteiger partial charge in [0.15, 0.2) is 6.17 Å². The summed E-state index contributed by atoms with van der Waals surface area (Å²) in [5.74, 6) is -5.22. The largest absolute Gasteiger partial charge is 0.456 e. The third kappa shape index (κ3) is 8.92. The SMILES string of the molecule is CCCC(F)C(F)(F)C(F)(F)F.CCN(CC)CCCc1ccccc1. The topological polar surface area (TPSA) is 3.24 Å². The van der Waals surface area contributed by atoms with Crippen LogP contribution in [-0.2, 0) is 6.42 Å². The van der Waals surface area contributed by atoms with E-state index in [1.807, 2.05) is 0 Å². The van der Waals surface area contributed by atoms with E-state index in [9.17, 15) is 26.3 Å². The van der Waals surface area contributed by atoms with Crippen LogP contribution in [0.1, 0.15) is 45.6 Å². The fourth-order valence-corrected chi connectivity index (χ4v) is 2.30. The maximum Gasteiger partial charge on any atom is 0.456 e. The molecule has 0 aliphatic carbocycles. The molecule has 0 aromatic heterocycles. The summed E-state index contributed by atoms with van der Waals surface area (Å²) in [5, 5.41) is 0. The second kappa shape index (κ2) is 12.2. The van der Waals surface area contributed by atoms with Gasteiger partial charge in [-0.25, -0.2) is 4.39 Å². The van der Waals surface area contributed by atoms with Crippen LogP contribution in [0.3, 0.4) is 0 Å². The normalized spacial score (nSPS) is 13.3. The highest BCUT2D eigenvalue weighted by molar-refractivity contribution is 5.14. The van der Waals surface area contributed by atoms with Crippen LogP contribution in [0.4, 0.5) is 26.3 Å². The molecular weight excluding hydrogens is 356 g/mol. The van der Waals surface area contributed by atoms with Crippen molar-refractivity contribution in [1.29, 1.82) is 0 Å². The number of rotatable bonds is 9. The van der Waals surface area contributed by atoms with Crippen molar-refractivity contribution in [3.8, 4) is 0 Å². The summed E-state index contributed by atoms with van der Waals surface area (Å²) in [7, 11) is 0. The summed E-state index contributed by atoms with van der Waals surface area (Å²) >= 11 is 0. The lowest BCUT2D eigenvalue weighted by Gasteiger charge is -2.22. The van der Waals surface area contributed by atoms with E-state index in [0.717, 1.165) is 0 Å². The molecule has 0 bridgehead atoms. The molecule has 0 aliphatic rings.